The molecule has 0 bridgehead atoms. The van der Waals surface area contributed by atoms with Crippen molar-refractivity contribution in [2.45, 2.75) is 13.0 Å². The summed E-state index contributed by atoms with van der Waals surface area (Å²) in [6.07, 6.45) is 0.445. The van der Waals surface area contributed by atoms with E-state index >= 15 is 0 Å². The predicted molar refractivity (Wildman–Crippen MR) is 134 cm³/mol. The van der Waals surface area contributed by atoms with Gasteiger partial charge in [-0.1, -0.05) is 42.5 Å². The molecule has 6 heteroatoms. The van der Waals surface area contributed by atoms with Crippen LogP contribution in [0.2, 0.25) is 0 Å². The van der Waals surface area contributed by atoms with Crippen LogP contribution in [0, 0.1) is 0 Å². The molecule has 1 amide bonds. The maximum atomic E-state index is 12.8. The number of hydrogen-bond donors (Lipinski definition) is 3. The van der Waals surface area contributed by atoms with Gasteiger partial charge in [-0.3, -0.25) is 4.79 Å². The summed E-state index contributed by atoms with van der Waals surface area (Å²) >= 11 is 0. The van der Waals surface area contributed by atoms with Crippen LogP contribution in [0.1, 0.15) is 37.4 Å². The molecule has 34 heavy (non-hydrogen) atoms. The number of nitrogens with one attached hydrogen (secondary N) is 1. The van der Waals surface area contributed by atoms with E-state index in [1.165, 1.54) is 0 Å². The van der Waals surface area contributed by atoms with Crippen molar-refractivity contribution >= 4 is 28.3 Å². The number of phenols is 1. The highest BCUT2D eigenvalue weighted by Crippen LogP contribution is 2.31. The Balaban J connectivity index is 1.51. The molecule has 0 saturated carbocycles. The molecule has 0 aromatic heterocycles. The predicted octanol–water partition coefficient (Wildman–Crippen LogP) is 4.83. The van der Waals surface area contributed by atoms with E-state index in [0.29, 0.717) is 29.5 Å². The summed E-state index contributed by atoms with van der Waals surface area (Å²) in [5, 5.41) is 24.3. The minimum Gasteiger partial charge on any atom is -0.507 e. The van der Waals surface area contributed by atoms with Crippen molar-refractivity contribution in [3.63, 3.8) is 0 Å². The lowest BCUT2D eigenvalue weighted by Gasteiger charge is -2.13. The fourth-order valence-corrected chi connectivity index (χ4v) is 3.81. The summed E-state index contributed by atoms with van der Waals surface area (Å²) < 4.78 is 0. The Bertz CT molecular complexity index is 1340. The average Bonchev–Trinajstić information content (AvgIpc) is 2.84. The Morgan fingerprint density at radius 2 is 1.44 bits per heavy atom. The van der Waals surface area contributed by atoms with E-state index in [4.69, 9.17) is 5.11 Å². The van der Waals surface area contributed by atoms with E-state index in [1.807, 2.05) is 61.5 Å². The largest absolute Gasteiger partial charge is 0.507 e. The lowest BCUT2D eigenvalue weighted by Crippen LogP contribution is -2.22. The molecular weight excluding hydrogens is 428 g/mol. The molecule has 0 atom stereocenters. The van der Waals surface area contributed by atoms with Gasteiger partial charge in [-0.2, -0.15) is 0 Å². The average molecular weight is 455 g/mol. The van der Waals surface area contributed by atoms with Crippen molar-refractivity contribution < 1.29 is 19.8 Å². The minimum atomic E-state index is -0.975. The second-order valence-corrected chi connectivity index (χ2v) is 8.43. The number of aromatic hydroxyl groups is 1. The van der Waals surface area contributed by atoms with Gasteiger partial charge in [0, 0.05) is 43.7 Å². The Morgan fingerprint density at radius 3 is 2.09 bits per heavy atom. The molecule has 4 rings (SSSR count). The van der Waals surface area contributed by atoms with Crippen LogP contribution in [-0.4, -0.2) is 36.2 Å². The highest BCUT2D eigenvalue weighted by molar-refractivity contribution is 6.00. The molecule has 0 saturated heterocycles. The van der Waals surface area contributed by atoms with Crippen molar-refractivity contribution in [1.82, 2.24) is 5.32 Å². The number of fused-ring (bicyclic) bond motifs is 1. The molecule has 4 aromatic rings. The lowest BCUT2D eigenvalue weighted by molar-refractivity contribution is 0.0696. The maximum absolute atomic E-state index is 12.8. The van der Waals surface area contributed by atoms with Gasteiger partial charge in [-0.25, -0.2) is 4.79 Å². The normalized spacial score (nSPS) is 10.8. The first-order valence-electron chi connectivity index (χ1n) is 10.9. The highest BCUT2D eigenvalue weighted by atomic mass is 16.4. The smallest absolute Gasteiger partial charge is 0.335 e. The first-order chi connectivity index (χ1) is 16.3. The van der Waals surface area contributed by atoms with Crippen molar-refractivity contribution in [3.8, 4) is 5.75 Å². The quantitative estimate of drug-likeness (QED) is 0.372. The Kier molecular flexibility index (Phi) is 6.50. The van der Waals surface area contributed by atoms with Gasteiger partial charge in [-0.05, 0) is 58.5 Å². The number of carbonyl (C=O) groups is 2. The third-order valence-corrected chi connectivity index (χ3v) is 5.84. The first-order valence-corrected chi connectivity index (χ1v) is 10.9. The van der Waals surface area contributed by atoms with Gasteiger partial charge in [0.15, 0.2) is 0 Å². The molecule has 0 aliphatic rings. The Labute approximate surface area is 198 Å². The second-order valence-electron chi connectivity index (χ2n) is 8.43. The molecule has 0 aliphatic heterocycles. The van der Waals surface area contributed by atoms with Crippen LogP contribution in [0.4, 0.5) is 5.69 Å². The zero-order valence-electron chi connectivity index (χ0n) is 19.1. The molecule has 6 nitrogen and oxygen atoms in total. The third kappa shape index (κ3) is 5.02. The van der Waals surface area contributed by atoms with Crippen LogP contribution in [0.25, 0.3) is 10.8 Å². The van der Waals surface area contributed by atoms with E-state index in [1.54, 1.807) is 36.4 Å². The highest BCUT2D eigenvalue weighted by Gasteiger charge is 2.12. The van der Waals surface area contributed by atoms with Crippen LogP contribution in [0.3, 0.4) is 0 Å². The fourth-order valence-electron chi connectivity index (χ4n) is 3.81. The topological polar surface area (TPSA) is 89.9 Å². The minimum absolute atomic E-state index is 0.119. The van der Waals surface area contributed by atoms with Crippen LogP contribution >= 0.6 is 0 Å². The number of rotatable bonds is 7. The van der Waals surface area contributed by atoms with E-state index < -0.39 is 5.97 Å². The molecule has 0 aliphatic carbocycles. The van der Waals surface area contributed by atoms with Crippen molar-refractivity contribution in [1.29, 1.82) is 0 Å². The summed E-state index contributed by atoms with van der Waals surface area (Å²) in [6.45, 7) is 0.406. The number of aromatic carboxylic acids is 1. The summed E-state index contributed by atoms with van der Waals surface area (Å²) in [5.41, 5.74) is 4.36. The first kappa shape index (κ1) is 22.9. The zero-order valence-corrected chi connectivity index (χ0v) is 19.1. The number of phenolic OH excluding ortho intramolecular Hbond substituents is 1. The number of carboxylic acid groups (broad SMARTS) is 1. The molecule has 0 fully saturated rings. The van der Waals surface area contributed by atoms with Crippen molar-refractivity contribution in [2.75, 3.05) is 19.0 Å². The number of hydrogen-bond acceptors (Lipinski definition) is 4. The number of nitrogens with zero attached hydrogens (tertiary/aromatic N) is 1. The summed E-state index contributed by atoms with van der Waals surface area (Å²) in [4.78, 5) is 25.8. The van der Waals surface area contributed by atoms with Gasteiger partial charge in [-0.15, -0.1) is 0 Å². The van der Waals surface area contributed by atoms with Gasteiger partial charge < -0.3 is 20.4 Å². The van der Waals surface area contributed by atoms with Gasteiger partial charge >= 0.3 is 5.97 Å². The van der Waals surface area contributed by atoms with Crippen molar-refractivity contribution in [3.05, 3.63) is 107 Å². The summed E-state index contributed by atoms with van der Waals surface area (Å²) in [7, 11) is 3.96. The molecule has 0 heterocycles. The van der Waals surface area contributed by atoms with Crippen molar-refractivity contribution in [2.24, 2.45) is 0 Å². The van der Waals surface area contributed by atoms with Gasteiger partial charge in [0.05, 0.1) is 5.56 Å². The van der Waals surface area contributed by atoms with E-state index in [-0.39, 0.29) is 17.2 Å². The summed E-state index contributed by atoms with van der Waals surface area (Å²) in [5.74, 6) is -1.07. The molecule has 4 aromatic carbocycles. The van der Waals surface area contributed by atoms with E-state index in [0.717, 1.165) is 22.2 Å². The van der Waals surface area contributed by atoms with Crippen LogP contribution in [0.5, 0.6) is 5.75 Å². The number of benzene rings is 4. The standard InChI is InChI=1S/C28H26N2O4/c1-30(2)24-13-5-19(6-14-24)17-29-27(32)23-12-10-20-9-11-22(26(31)25(20)16-23)15-18-3-7-21(8-4-18)28(33)34/h3-14,16,31H,15,17H2,1-2H3,(H,29,32)(H,33,34). The molecule has 172 valence electrons. The van der Waals surface area contributed by atoms with Gasteiger partial charge in [0.1, 0.15) is 5.75 Å². The molecule has 0 spiro atoms. The second kappa shape index (κ2) is 9.67. The molecule has 3 N–H and O–H groups in total. The van der Waals surface area contributed by atoms with Crippen LogP contribution in [0.15, 0.2) is 78.9 Å². The number of amides is 1. The number of carboxylic acids is 1. The molecule has 0 radical (unpaired) electrons. The van der Waals surface area contributed by atoms with Crippen LogP contribution < -0.4 is 10.2 Å². The number of carbonyl (C=O) groups excluding carboxylic acids is 1. The van der Waals surface area contributed by atoms with Gasteiger partial charge in [0.25, 0.3) is 5.91 Å². The monoisotopic (exact) mass is 454 g/mol. The SMILES string of the molecule is CN(C)c1ccc(CNC(=O)c2ccc3ccc(Cc4ccc(C(=O)O)cc4)c(O)c3c2)cc1. The van der Waals surface area contributed by atoms with E-state index in [2.05, 4.69) is 5.32 Å². The van der Waals surface area contributed by atoms with E-state index in [9.17, 15) is 14.7 Å². The van der Waals surface area contributed by atoms with Gasteiger partial charge in [0.2, 0.25) is 0 Å². The number of anilines is 1. The Morgan fingerprint density at radius 1 is 0.824 bits per heavy atom. The Hall–Kier alpha value is -4.32. The molecular formula is C28H26N2O4. The third-order valence-electron chi connectivity index (χ3n) is 5.84. The maximum Gasteiger partial charge on any atom is 0.335 e. The summed E-state index contributed by atoms with van der Waals surface area (Å²) in [6, 6.07) is 23.6. The lowest BCUT2D eigenvalue weighted by atomic mass is 9.98. The molecule has 0 unspecified atom stereocenters. The van der Waals surface area contributed by atoms with Crippen LogP contribution in [-0.2, 0) is 13.0 Å². The fraction of sp³-hybridized carbons (Fsp3) is 0.143. The zero-order chi connectivity index (χ0) is 24.2.